The normalized spacial score (nSPS) is 21.1. The van der Waals surface area contributed by atoms with Crippen molar-refractivity contribution in [2.24, 2.45) is 0 Å². The number of hydrogen-bond acceptors (Lipinski definition) is 6. The summed E-state index contributed by atoms with van der Waals surface area (Å²) >= 11 is 3.23. The molecule has 0 bridgehead atoms. The number of morpholine rings is 1. The van der Waals surface area contributed by atoms with E-state index in [1.807, 2.05) is 10.9 Å². The van der Waals surface area contributed by atoms with Crippen molar-refractivity contribution >= 4 is 22.7 Å². The number of ether oxygens (including phenoxy) is 1. The van der Waals surface area contributed by atoms with Crippen LogP contribution in [0.1, 0.15) is 11.7 Å². The van der Waals surface area contributed by atoms with Gasteiger partial charge in [-0.05, 0) is 0 Å². The Kier molecular flexibility index (Phi) is 2.96. The molecule has 6 heteroatoms. The van der Waals surface area contributed by atoms with Crippen LogP contribution in [0.5, 0.6) is 0 Å². The molecule has 1 saturated heterocycles. The predicted molar refractivity (Wildman–Crippen MR) is 64.8 cm³/mol. The third-order valence-electron chi connectivity index (χ3n) is 2.45. The molecule has 84 valence electrons. The largest absolute Gasteiger partial charge is 0.378 e. The van der Waals surface area contributed by atoms with E-state index in [-0.39, 0.29) is 6.04 Å². The van der Waals surface area contributed by atoms with Gasteiger partial charge in [0, 0.05) is 17.3 Å². The van der Waals surface area contributed by atoms with Crippen LogP contribution < -0.4 is 5.32 Å². The van der Waals surface area contributed by atoms with Gasteiger partial charge in [0.1, 0.15) is 10.7 Å². The number of nitrogens with one attached hydrogen (secondary N) is 1. The Balaban J connectivity index is 1.82. The molecular formula is C10H11N3OS2. The molecule has 1 fully saturated rings. The molecule has 2 aromatic rings. The number of rotatable bonds is 2. The lowest BCUT2D eigenvalue weighted by Crippen LogP contribution is -2.34. The van der Waals surface area contributed by atoms with Crippen LogP contribution in [0.15, 0.2) is 16.3 Å². The molecule has 1 aliphatic heterocycles. The van der Waals surface area contributed by atoms with Crippen molar-refractivity contribution in [3.63, 3.8) is 0 Å². The highest BCUT2D eigenvalue weighted by Gasteiger charge is 2.18. The number of thiazole rings is 2. The molecule has 0 aliphatic carbocycles. The summed E-state index contributed by atoms with van der Waals surface area (Å²) < 4.78 is 5.43. The van der Waals surface area contributed by atoms with Crippen molar-refractivity contribution in [3.8, 4) is 10.7 Å². The van der Waals surface area contributed by atoms with E-state index in [0.717, 1.165) is 29.5 Å². The van der Waals surface area contributed by atoms with E-state index in [0.29, 0.717) is 6.61 Å². The molecule has 1 N–H and O–H groups in total. The highest BCUT2D eigenvalue weighted by molar-refractivity contribution is 7.13. The number of hydrogen-bond donors (Lipinski definition) is 1. The van der Waals surface area contributed by atoms with E-state index in [2.05, 4.69) is 20.7 Å². The zero-order chi connectivity index (χ0) is 10.8. The van der Waals surface area contributed by atoms with Gasteiger partial charge in [-0.15, -0.1) is 22.7 Å². The number of aromatic nitrogens is 2. The summed E-state index contributed by atoms with van der Waals surface area (Å²) in [7, 11) is 0. The molecule has 1 atom stereocenters. The van der Waals surface area contributed by atoms with Gasteiger partial charge in [0.05, 0.1) is 30.5 Å². The molecule has 0 aromatic carbocycles. The zero-order valence-electron chi connectivity index (χ0n) is 8.55. The zero-order valence-corrected chi connectivity index (χ0v) is 10.2. The topological polar surface area (TPSA) is 47.0 Å². The van der Waals surface area contributed by atoms with Gasteiger partial charge in [0.2, 0.25) is 0 Å². The average Bonchev–Trinajstić information content (AvgIpc) is 3.01. The predicted octanol–water partition coefficient (Wildman–Crippen LogP) is 1.93. The van der Waals surface area contributed by atoms with Crippen LogP contribution in [-0.2, 0) is 4.74 Å². The molecule has 4 nitrogen and oxygen atoms in total. The van der Waals surface area contributed by atoms with Gasteiger partial charge in [-0.3, -0.25) is 0 Å². The molecule has 1 unspecified atom stereocenters. The summed E-state index contributed by atoms with van der Waals surface area (Å²) in [6.07, 6.45) is 0. The summed E-state index contributed by atoms with van der Waals surface area (Å²) in [5.41, 5.74) is 3.86. The summed E-state index contributed by atoms with van der Waals surface area (Å²) in [5, 5.41) is 8.49. The van der Waals surface area contributed by atoms with Crippen LogP contribution in [-0.4, -0.2) is 29.7 Å². The van der Waals surface area contributed by atoms with Crippen LogP contribution >= 0.6 is 22.7 Å². The van der Waals surface area contributed by atoms with E-state index in [1.165, 1.54) is 0 Å². The van der Waals surface area contributed by atoms with Crippen LogP contribution in [0.4, 0.5) is 0 Å². The van der Waals surface area contributed by atoms with Crippen LogP contribution in [0.3, 0.4) is 0 Å². The first-order chi connectivity index (χ1) is 7.93. The highest BCUT2D eigenvalue weighted by atomic mass is 32.1. The highest BCUT2D eigenvalue weighted by Crippen LogP contribution is 2.26. The maximum atomic E-state index is 5.43. The van der Waals surface area contributed by atoms with Gasteiger partial charge < -0.3 is 10.1 Å². The third-order valence-corrected chi connectivity index (χ3v) is 3.92. The standard InChI is InChI=1S/C10H11N3OS2/c1-2-14-3-7(11-1)8-5-16-10(13-8)9-4-15-6-12-9/h4-7,11H,1-3H2. The Bertz CT molecular complexity index is 448. The molecule has 1 aliphatic rings. The second kappa shape index (κ2) is 4.58. The van der Waals surface area contributed by atoms with Crippen LogP contribution in [0.25, 0.3) is 10.7 Å². The summed E-state index contributed by atoms with van der Waals surface area (Å²) in [6.45, 7) is 2.40. The Hall–Kier alpha value is -0.820. The van der Waals surface area contributed by atoms with Crippen molar-refractivity contribution < 1.29 is 4.74 Å². The van der Waals surface area contributed by atoms with Gasteiger partial charge in [0.15, 0.2) is 0 Å². The fraction of sp³-hybridized carbons (Fsp3) is 0.400. The van der Waals surface area contributed by atoms with Gasteiger partial charge in [-0.1, -0.05) is 0 Å². The molecular weight excluding hydrogens is 242 g/mol. The summed E-state index contributed by atoms with van der Waals surface area (Å²) in [5.74, 6) is 0. The quantitative estimate of drug-likeness (QED) is 0.888. The maximum absolute atomic E-state index is 5.43. The van der Waals surface area contributed by atoms with Crippen molar-refractivity contribution in [3.05, 3.63) is 22.0 Å². The molecule has 3 heterocycles. The first-order valence-electron chi connectivity index (χ1n) is 5.08. The minimum absolute atomic E-state index is 0.234. The van der Waals surface area contributed by atoms with E-state index in [9.17, 15) is 0 Å². The Labute approximate surface area is 101 Å². The third kappa shape index (κ3) is 2.01. The molecule has 0 spiro atoms. The lowest BCUT2D eigenvalue weighted by Gasteiger charge is -2.21. The lowest BCUT2D eigenvalue weighted by molar-refractivity contribution is 0.0758. The molecule has 3 rings (SSSR count). The Morgan fingerprint density at radius 2 is 2.44 bits per heavy atom. The Morgan fingerprint density at radius 3 is 3.19 bits per heavy atom. The summed E-state index contributed by atoms with van der Waals surface area (Å²) in [4.78, 5) is 8.86. The van der Waals surface area contributed by atoms with Gasteiger partial charge in [-0.25, -0.2) is 9.97 Å². The first-order valence-corrected chi connectivity index (χ1v) is 6.91. The number of nitrogens with zero attached hydrogens (tertiary/aromatic N) is 2. The molecule has 0 saturated carbocycles. The molecule has 0 amide bonds. The summed E-state index contributed by atoms with van der Waals surface area (Å²) in [6, 6.07) is 0.234. The van der Waals surface area contributed by atoms with E-state index >= 15 is 0 Å². The fourth-order valence-corrected chi connectivity index (χ4v) is 3.09. The van der Waals surface area contributed by atoms with Crippen molar-refractivity contribution in [2.45, 2.75) is 6.04 Å². The SMILES string of the molecule is c1nc(-c2nc(C3COCCN3)cs2)cs1. The van der Waals surface area contributed by atoms with Crippen molar-refractivity contribution in [1.29, 1.82) is 0 Å². The van der Waals surface area contributed by atoms with Gasteiger partial charge in [-0.2, -0.15) is 0 Å². The minimum atomic E-state index is 0.234. The van der Waals surface area contributed by atoms with E-state index in [4.69, 9.17) is 4.74 Å². The van der Waals surface area contributed by atoms with E-state index in [1.54, 1.807) is 22.7 Å². The van der Waals surface area contributed by atoms with Crippen LogP contribution in [0.2, 0.25) is 0 Å². The fourth-order valence-electron chi connectivity index (χ4n) is 1.64. The van der Waals surface area contributed by atoms with Crippen molar-refractivity contribution in [1.82, 2.24) is 15.3 Å². The van der Waals surface area contributed by atoms with Crippen LogP contribution in [0, 0.1) is 0 Å². The minimum Gasteiger partial charge on any atom is -0.378 e. The molecule has 2 aromatic heterocycles. The first kappa shape index (κ1) is 10.3. The average molecular weight is 253 g/mol. The molecule has 0 radical (unpaired) electrons. The van der Waals surface area contributed by atoms with Gasteiger partial charge in [0.25, 0.3) is 0 Å². The van der Waals surface area contributed by atoms with Gasteiger partial charge >= 0.3 is 0 Å². The smallest absolute Gasteiger partial charge is 0.143 e. The molecule has 16 heavy (non-hydrogen) atoms. The second-order valence-corrected chi connectivity index (χ2v) is 5.11. The maximum Gasteiger partial charge on any atom is 0.143 e. The second-order valence-electron chi connectivity index (χ2n) is 3.53. The monoisotopic (exact) mass is 253 g/mol. The lowest BCUT2D eigenvalue weighted by atomic mass is 10.2. The van der Waals surface area contributed by atoms with Crippen molar-refractivity contribution in [2.75, 3.05) is 19.8 Å². The Morgan fingerprint density at radius 1 is 1.44 bits per heavy atom. The van der Waals surface area contributed by atoms with E-state index < -0.39 is 0 Å².